The number of phosphoric acid groups is 1. The monoisotopic (exact) mass is 781 g/mol. The van der Waals surface area contributed by atoms with Gasteiger partial charge in [-0.2, -0.15) is 0 Å². The first-order valence-corrected chi connectivity index (χ1v) is 22.5. The molecule has 0 aliphatic rings. The number of ether oxygens (including phenoxy) is 2. The van der Waals surface area contributed by atoms with E-state index in [1.807, 2.05) is 21.1 Å². The lowest BCUT2D eigenvalue weighted by atomic mass is 10.1. The van der Waals surface area contributed by atoms with E-state index in [4.69, 9.17) is 18.5 Å². The Labute approximate surface area is 330 Å². The Morgan fingerprint density at radius 1 is 0.593 bits per heavy atom. The summed E-state index contributed by atoms with van der Waals surface area (Å²) >= 11 is 0. The van der Waals surface area contributed by atoms with Crippen LogP contribution < -0.4 is 0 Å². The van der Waals surface area contributed by atoms with Gasteiger partial charge in [-0.05, 0) is 77.0 Å². The smallest absolute Gasteiger partial charge is 0.462 e. The molecule has 312 valence electrons. The Morgan fingerprint density at radius 3 is 1.59 bits per heavy atom. The number of hydrogen-bond donors (Lipinski definition) is 1. The first-order chi connectivity index (χ1) is 26.0. The van der Waals surface area contributed by atoms with Crippen molar-refractivity contribution in [1.82, 2.24) is 0 Å². The number of nitrogens with zero attached hydrogens (tertiary/aromatic N) is 1. The molecular formula is C44H79NO8P+. The first-order valence-electron chi connectivity index (χ1n) is 21.0. The van der Waals surface area contributed by atoms with Crippen molar-refractivity contribution in [3.63, 3.8) is 0 Å². The normalized spacial score (nSPS) is 14.3. The van der Waals surface area contributed by atoms with Crippen LogP contribution in [0.1, 0.15) is 155 Å². The summed E-state index contributed by atoms with van der Waals surface area (Å²) in [5.74, 6) is -0.878. The van der Waals surface area contributed by atoms with Crippen molar-refractivity contribution in [3.05, 3.63) is 60.8 Å². The fraction of sp³-hybridized carbons (Fsp3) is 0.727. The molecule has 0 radical (unpaired) electrons. The van der Waals surface area contributed by atoms with Crippen molar-refractivity contribution in [2.45, 2.75) is 161 Å². The molecule has 0 rings (SSSR count). The molecule has 0 aliphatic carbocycles. The van der Waals surface area contributed by atoms with Gasteiger partial charge in [0.25, 0.3) is 0 Å². The number of quaternary nitrogens is 1. The maximum absolute atomic E-state index is 12.6. The molecule has 0 saturated carbocycles. The van der Waals surface area contributed by atoms with Crippen LogP contribution in [0.25, 0.3) is 0 Å². The highest BCUT2D eigenvalue weighted by Crippen LogP contribution is 2.43. The maximum Gasteiger partial charge on any atom is 0.472 e. The van der Waals surface area contributed by atoms with Crippen LogP contribution in [0.5, 0.6) is 0 Å². The third kappa shape index (κ3) is 39.4. The summed E-state index contributed by atoms with van der Waals surface area (Å²) in [7, 11) is 1.43. The highest BCUT2D eigenvalue weighted by molar-refractivity contribution is 7.47. The highest BCUT2D eigenvalue weighted by Gasteiger charge is 2.27. The third-order valence-corrected chi connectivity index (χ3v) is 9.52. The van der Waals surface area contributed by atoms with E-state index in [0.29, 0.717) is 23.9 Å². The molecule has 10 heteroatoms. The summed E-state index contributed by atoms with van der Waals surface area (Å²) in [5, 5.41) is 0. The Hall–Kier alpha value is -2.29. The van der Waals surface area contributed by atoms with Crippen LogP contribution in [0.3, 0.4) is 0 Å². The standard InChI is InChI=1S/C44H78NO8P/c1-6-8-10-12-14-16-18-20-22-24-26-28-30-32-34-36-43(46)50-40-42(41-52-54(48,49)51-39-38-45(3,4)5)53-44(47)37-35-33-31-29-27-25-23-21-19-17-15-13-11-9-7-2/h9,11,15,17,21,23,26-29,42H,6-8,10,12-14,16,18-20,22,24-25,30-41H2,1-5H3/p+1/b11-9+,17-15+,23-21+,28-26+,29-27+/t42-/m1/s1. The van der Waals surface area contributed by atoms with Gasteiger partial charge in [0.1, 0.15) is 19.8 Å². The molecule has 0 aliphatic heterocycles. The van der Waals surface area contributed by atoms with Gasteiger partial charge in [-0.15, -0.1) is 0 Å². The molecule has 0 aromatic carbocycles. The second-order valence-corrected chi connectivity index (χ2v) is 16.4. The largest absolute Gasteiger partial charge is 0.472 e. The van der Waals surface area contributed by atoms with Crippen LogP contribution in [0.4, 0.5) is 0 Å². The number of unbranched alkanes of at least 4 members (excludes halogenated alkanes) is 13. The minimum atomic E-state index is -4.39. The number of hydrogen-bond acceptors (Lipinski definition) is 7. The van der Waals surface area contributed by atoms with Crippen LogP contribution in [-0.4, -0.2) is 74.9 Å². The number of allylic oxidation sites excluding steroid dienone is 10. The van der Waals surface area contributed by atoms with E-state index in [-0.39, 0.29) is 26.1 Å². The fourth-order valence-corrected chi connectivity index (χ4v) is 5.97. The van der Waals surface area contributed by atoms with Crippen molar-refractivity contribution in [3.8, 4) is 0 Å². The number of carbonyl (C=O) groups excluding carboxylic acids is 2. The summed E-state index contributed by atoms with van der Waals surface area (Å²) < 4.78 is 34.2. The number of esters is 2. The van der Waals surface area contributed by atoms with E-state index in [1.54, 1.807) is 0 Å². The Morgan fingerprint density at radius 2 is 1.06 bits per heavy atom. The molecular weight excluding hydrogens is 701 g/mol. The molecule has 0 bridgehead atoms. The maximum atomic E-state index is 12.6. The highest BCUT2D eigenvalue weighted by atomic mass is 31.2. The van der Waals surface area contributed by atoms with Crippen molar-refractivity contribution in [2.24, 2.45) is 0 Å². The molecule has 0 fully saturated rings. The lowest BCUT2D eigenvalue weighted by Crippen LogP contribution is -2.37. The minimum absolute atomic E-state index is 0.0183. The topological polar surface area (TPSA) is 108 Å². The summed E-state index contributed by atoms with van der Waals surface area (Å²) in [6.45, 7) is 4.21. The van der Waals surface area contributed by atoms with Crippen LogP contribution in [0.15, 0.2) is 60.8 Å². The number of likely N-dealkylation sites (N-methyl/N-ethyl adjacent to an activating group) is 1. The molecule has 9 nitrogen and oxygen atoms in total. The molecule has 0 saturated heterocycles. The van der Waals surface area contributed by atoms with Crippen LogP contribution >= 0.6 is 7.82 Å². The van der Waals surface area contributed by atoms with E-state index in [0.717, 1.165) is 57.8 Å². The fourth-order valence-electron chi connectivity index (χ4n) is 5.23. The zero-order valence-electron chi connectivity index (χ0n) is 34.9. The molecule has 0 spiro atoms. The average Bonchev–Trinajstić information content (AvgIpc) is 3.12. The zero-order chi connectivity index (χ0) is 40.0. The van der Waals surface area contributed by atoms with Gasteiger partial charge < -0.3 is 18.9 Å². The minimum Gasteiger partial charge on any atom is -0.462 e. The van der Waals surface area contributed by atoms with Gasteiger partial charge in [-0.1, -0.05) is 126 Å². The first kappa shape index (κ1) is 51.7. The molecule has 54 heavy (non-hydrogen) atoms. The van der Waals surface area contributed by atoms with Crippen LogP contribution in [0.2, 0.25) is 0 Å². The molecule has 0 heterocycles. The summed E-state index contributed by atoms with van der Waals surface area (Å²) in [5.41, 5.74) is 0. The summed E-state index contributed by atoms with van der Waals surface area (Å²) in [6.07, 6.45) is 42.8. The Bertz CT molecular complexity index is 1110. The zero-order valence-corrected chi connectivity index (χ0v) is 35.8. The number of rotatable bonds is 37. The average molecular weight is 781 g/mol. The van der Waals surface area contributed by atoms with E-state index >= 15 is 0 Å². The third-order valence-electron chi connectivity index (χ3n) is 8.53. The quantitative estimate of drug-likeness (QED) is 0.0218. The SMILES string of the molecule is CC/C=C/C/C=C/C/C=C/C/C=C/CCCCC(=O)O[C@H](COC(=O)CCCC/C=C/CCCCCCCCCCC)COP(=O)(O)OCC[N+](C)(C)C. The van der Waals surface area contributed by atoms with Gasteiger partial charge >= 0.3 is 19.8 Å². The molecule has 1 unspecified atom stereocenters. The van der Waals surface area contributed by atoms with E-state index in [2.05, 4.69) is 74.6 Å². The predicted octanol–water partition coefficient (Wildman–Crippen LogP) is 11.7. The summed E-state index contributed by atoms with van der Waals surface area (Å²) in [4.78, 5) is 35.3. The second-order valence-electron chi connectivity index (χ2n) is 15.0. The lowest BCUT2D eigenvalue weighted by molar-refractivity contribution is -0.870. The van der Waals surface area contributed by atoms with E-state index in [9.17, 15) is 19.0 Å². The predicted molar refractivity (Wildman–Crippen MR) is 224 cm³/mol. The van der Waals surface area contributed by atoms with Gasteiger partial charge in [-0.3, -0.25) is 18.6 Å². The molecule has 0 aromatic heterocycles. The molecule has 0 aromatic rings. The van der Waals surface area contributed by atoms with Crippen molar-refractivity contribution in [2.75, 3.05) is 47.5 Å². The van der Waals surface area contributed by atoms with Gasteiger partial charge in [0.15, 0.2) is 6.10 Å². The van der Waals surface area contributed by atoms with Crippen LogP contribution in [0, 0.1) is 0 Å². The molecule has 2 atom stereocenters. The van der Waals surface area contributed by atoms with E-state index in [1.165, 1.54) is 57.8 Å². The van der Waals surface area contributed by atoms with Crippen molar-refractivity contribution < 1.29 is 42.1 Å². The lowest BCUT2D eigenvalue weighted by Gasteiger charge is -2.24. The van der Waals surface area contributed by atoms with Gasteiger partial charge in [0.05, 0.1) is 27.7 Å². The van der Waals surface area contributed by atoms with E-state index < -0.39 is 32.5 Å². The Balaban J connectivity index is 4.50. The van der Waals surface area contributed by atoms with Gasteiger partial charge in [-0.25, -0.2) is 4.57 Å². The molecule has 0 amide bonds. The molecule has 1 N–H and O–H groups in total. The number of carbonyl (C=O) groups is 2. The van der Waals surface area contributed by atoms with Crippen molar-refractivity contribution >= 4 is 19.8 Å². The van der Waals surface area contributed by atoms with Crippen LogP contribution in [-0.2, 0) is 32.7 Å². The van der Waals surface area contributed by atoms with Gasteiger partial charge in [0.2, 0.25) is 0 Å². The Kier molecular flexibility index (Phi) is 34.8. The number of phosphoric ester groups is 1. The van der Waals surface area contributed by atoms with Gasteiger partial charge in [0, 0.05) is 12.8 Å². The van der Waals surface area contributed by atoms with Crippen molar-refractivity contribution in [1.29, 1.82) is 0 Å². The second kappa shape index (κ2) is 36.4. The summed E-state index contributed by atoms with van der Waals surface area (Å²) in [6, 6.07) is 0.